The fraction of sp³-hybridized carbons (Fsp3) is 0.304. The number of ether oxygens (including phenoxy) is 2. The number of amides is 1. The van der Waals surface area contributed by atoms with Gasteiger partial charge in [0.2, 0.25) is 5.91 Å². The topological polar surface area (TPSA) is 65.4 Å². The van der Waals surface area contributed by atoms with Crippen molar-refractivity contribution in [2.45, 2.75) is 31.3 Å². The number of hydrogen-bond acceptors (Lipinski definition) is 5. The van der Waals surface area contributed by atoms with E-state index < -0.39 is 0 Å². The lowest BCUT2D eigenvalue weighted by Gasteiger charge is -2.21. The zero-order valence-electron chi connectivity index (χ0n) is 17.7. The molecule has 1 aromatic heterocycles. The Morgan fingerprint density at radius 1 is 1.07 bits per heavy atom. The highest BCUT2D eigenvalue weighted by molar-refractivity contribution is 8.01. The van der Waals surface area contributed by atoms with Crippen LogP contribution in [0.2, 0.25) is 0 Å². The van der Waals surface area contributed by atoms with E-state index in [1.807, 2.05) is 67.9 Å². The zero-order valence-corrected chi connectivity index (χ0v) is 18.5. The Morgan fingerprint density at radius 2 is 1.80 bits per heavy atom. The summed E-state index contributed by atoms with van der Waals surface area (Å²) in [5.74, 6) is 2.00. The van der Waals surface area contributed by atoms with E-state index in [1.54, 1.807) is 26.0 Å². The van der Waals surface area contributed by atoms with E-state index in [0.29, 0.717) is 17.3 Å². The van der Waals surface area contributed by atoms with Crippen molar-refractivity contribution in [3.05, 3.63) is 64.8 Å². The summed E-state index contributed by atoms with van der Waals surface area (Å²) in [6.07, 6.45) is 0. The number of nitrogens with zero attached hydrogens (tertiary/aromatic N) is 2. The number of hydrogen-bond donors (Lipinski definition) is 1. The van der Waals surface area contributed by atoms with E-state index in [0.717, 1.165) is 22.5 Å². The molecule has 1 amide bonds. The van der Waals surface area contributed by atoms with Crippen molar-refractivity contribution in [3.8, 4) is 17.2 Å². The van der Waals surface area contributed by atoms with Gasteiger partial charge in [-0.3, -0.25) is 4.79 Å². The maximum absolute atomic E-state index is 12.8. The van der Waals surface area contributed by atoms with Crippen molar-refractivity contribution in [1.29, 1.82) is 0 Å². The van der Waals surface area contributed by atoms with Gasteiger partial charge in [0, 0.05) is 11.1 Å². The van der Waals surface area contributed by atoms with Crippen LogP contribution in [-0.4, -0.2) is 35.2 Å². The van der Waals surface area contributed by atoms with Crippen molar-refractivity contribution < 1.29 is 14.3 Å². The molecule has 0 radical (unpaired) electrons. The number of anilines is 1. The molecule has 0 aliphatic carbocycles. The highest BCUT2D eigenvalue weighted by Crippen LogP contribution is 2.50. The number of fused-ring (bicyclic) bond motifs is 1. The molecule has 0 fully saturated rings. The average molecular weight is 424 g/mol. The first-order chi connectivity index (χ1) is 14.4. The van der Waals surface area contributed by atoms with Crippen LogP contribution in [0.3, 0.4) is 0 Å². The maximum atomic E-state index is 12.8. The molecule has 6 nitrogen and oxygen atoms in total. The SMILES string of the molecule is COc1cccc([C@H]2S[C@@H](C)C(=O)Nc3c2c(C)nn3-c2ccc(C)cc2)c1OC. The van der Waals surface area contributed by atoms with Gasteiger partial charge in [-0.1, -0.05) is 29.8 Å². The van der Waals surface area contributed by atoms with E-state index >= 15 is 0 Å². The molecule has 2 heterocycles. The normalized spacial score (nSPS) is 18.4. The van der Waals surface area contributed by atoms with Crippen LogP contribution in [0.4, 0.5) is 5.82 Å². The van der Waals surface area contributed by atoms with Gasteiger partial charge in [-0.25, -0.2) is 4.68 Å². The maximum Gasteiger partial charge on any atom is 0.238 e. The molecule has 1 aliphatic heterocycles. The standard InChI is InChI=1S/C23H25N3O3S/c1-13-9-11-16(12-10-13)26-22-19(14(2)25-26)21(30-15(3)23(27)24-22)17-7-6-8-18(28-4)20(17)29-5/h6-12,15,21H,1-5H3,(H,24,27)/t15-,21+/m0/s1. The van der Waals surface area contributed by atoms with Crippen molar-refractivity contribution in [2.24, 2.45) is 0 Å². The number of nitrogens with one attached hydrogen (secondary N) is 1. The van der Waals surface area contributed by atoms with Crippen LogP contribution in [0, 0.1) is 13.8 Å². The number of thioether (sulfide) groups is 1. The monoisotopic (exact) mass is 423 g/mol. The molecule has 0 bridgehead atoms. The van der Waals surface area contributed by atoms with Crippen molar-refractivity contribution in [3.63, 3.8) is 0 Å². The number of benzene rings is 2. The summed E-state index contributed by atoms with van der Waals surface area (Å²) in [4.78, 5) is 12.8. The van der Waals surface area contributed by atoms with Crippen molar-refractivity contribution in [1.82, 2.24) is 9.78 Å². The molecular formula is C23H25N3O3S. The summed E-state index contributed by atoms with van der Waals surface area (Å²) in [5.41, 5.74) is 4.87. The molecule has 0 spiro atoms. The third-order valence-corrected chi connectivity index (χ3v) is 6.70. The van der Waals surface area contributed by atoms with Crippen molar-refractivity contribution in [2.75, 3.05) is 19.5 Å². The highest BCUT2D eigenvalue weighted by Gasteiger charge is 2.35. The molecule has 2 atom stereocenters. The minimum absolute atomic E-state index is 0.0427. The van der Waals surface area contributed by atoms with Gasteiger partial charge in [0.25, 0.3) is 0 Å². The molecule has 3 aromatic rings. The predicted molar refractivity (Wildman–Crippen MR) is 120 cm³/mol. The first kappa shape index (κ1) is 20.3. The van der Waals surface area contributed by atoms with Gasteiger partial charge < -0.3 is 14.8 Å². The summed E-state index contributed by atoms with van der Waals surface area (Å²) in [7, 11) is 3.26. The zero-order chi connectivity index (χ0) is 21.4. The lowest BCUT2D eigenvalue weighted by molar-refractivity contribution is -0.115. The third kappa shape index (κ3) is 3.43. The smallest absolute Gasteiger partial charge is 0.238 e. The van der Waals surface area contributed by atoms with Gasteiger partial charge in [-0.15, -0.1) is 11.8 Å². The number of methoxy groups -OCH3 is 2. The van der Waals surface area contributed by atoms with Crippen molar-refractivity contribution >= 4 is 23.5 Å². The Morgan fingerprint density at radius 3 is 2.47 bits per heavy atom. The molecule has 0 saturated carbocycles. The Labute approximate surface area is 180 Å². The lowest BCUT2D eigenvalue weighted by atomic mass is 10.0. The van der Waals surface area contributed by atoms with Crippen LogP contribution in [0.1, 0.15) is 34.6 Å². The van der Waals surface area contributed by atoms with E-state index in [1.165, 1.54) is 5.56 Å². The Kier molecular flexibility index (Phi) is 5.47. The molecule has 2 aromatic carbocycles. The molecule has 156 valence electrons. The first-order valence-electron chi connectivity index (χ1n) is 9.78. The van der Waals surface area contributed by atoms with Crippen LogP contribution >= 0.6 is 11.8 Å². The largest absolute Gasteiger partial charge is 0.493 e. The number of carbonyl (C=O) groups is 1. The van der Waals surface area contributed by atoms with Crippen LogP contribution < -0.4 is 14.8 Å². The molecule has 7 heteroatoms. The van der Waals surface area contributed by atoms with Gasteiger partial charge in [-0.05, 0) is 39.0 Å². The second kappa shape index (κ2) is 8.07. The molecule has 4 rings (SSSR count). The van der Waals surface area contributed by atoms with E-state index in [2.05, 4.69) is 5.32 Å². The van der Waals surface area contributed by atoms with Crippen LogP contribution in [0.5, 0.6) is 11.5 Å². The second-order valence-corrected chi connectivity index (χ2v) is 8.78. The number of carbonyl (C=O) groups excluding carboxylic acids is 1. The number of aromatic nitrogens is 2. The quantitative estimate of drug-likeness (QED) is 0.661. The van der Waals surface area contributed by atoms with Gasteiger partial charge in [0.05, 0.1) is 36.1 Å². The van der Waals surface area contributed by atoms with Crippen LogP contribution in [0.25, 0.3) is 5.69 Å². The van der Waals surface area contributed by atoms with Gasteiger partial charge in [0.1, 0.15) is 5.82 Å². The number of aryl methyl sites for hydroxylation is 2. The van der Waals surface area contributed by atoms with E-state index in [-0.39, 0.29) is 16.4 Å². The fourth-order valence-electron chi connectivity index (χ4n) is 3.75. The molecule has 0 unspecified atom stereocenters. The average Bonchev–Trinajstić information content (AvgIpc) is 2.99. The molecule has 30 heavy (non-hydrogen) atoms. The number of rotatable bonds is 4. The minimum atomic E-state index is -0.246. The fourth-order valence-corrected chi connectivity index (χ4v) is 5.09. The predicted octanol–water partition coefficient (Wildman–Crippen LogP) is 4.67. The summed E-state index contributed by atoms with van der Waals surface area (Å²) < 4.78 is 13.0. The summed E-state index contributed by atoms with van der Waals surface area (Å²) >= 11 is 1.58. The summed E-state index contributed by atoms with van der Waals surface area (Å²) in [5, 5.41) is 7.51. The molecule has 1 aliphatic rings. The highest BCUT2D eigenvalue weighted by atomic mass is 32.2. The van der Waals surface area contributed by atoms with E-state index in [4.69, 9.17) is 14.6 Å². The Hall–Kier alpha value is -2.93. The van der Waals surface area contributed by atoms with Gasteiger partial charge in [-0.2, -0.15) is 5.10 Å². The Balaban J connectivity index is 1.94. The first-order valence-corrected chi connectivity index (χ1v) is 10.7. The molecular weight excluding hydrogens is 398 g/mol. The summed E-state index contributed by atoms with van der Waals surface area (Å²) in [6.45, 7) is 5.94. The molecule has 0 saturated heterocycles. The minimum Gasteiger partial charge on any atom is -0.493 e. The second-order valence-electron chi connectivity index (χ2n) is 7.33. The van der Waals surface area contributed by atoms with Crippen LogP contribution in [0.15, 0.2) is 42.5 Å². The molecule has 1 N–H and O–H groups in total. The van der Waals surface area contributed by atoms with Crippen LogP contribution in [-0.2, 0) is 4.79 Å². The van der Waals surface area contributed by atoms with Gasteiger partial charge in [0.15, 0.2) is 11.5 Å². The Bertz CT molecular complexity index is 1090. The lowest BCUT2D eigenvalue weighted by Crippen LogP contribution is -2.22. The van der Waals surface area contributed by atoms with Gasteiger partial charge >= 0.3 is 0 Å². The summed E-state index contributed by atoms with van der Waals surface area (Å²) in [6, 6.07) is 13.9. The third-order valence-electron chi connectivity index (χ3n) is 5.31. The van der Waals surface area contributed by atoms with E-state index in [9.17, 15) is 4.79 Å². The number of para-hydroxylation sites is 1.